The largest absolute Gasteiger partial charge is 0.318 e. The number of nitrogens with one attached hydrogen (secondary N) is 1. The summed E-state index contributed by atoms with van der Waals surface area (Å²) in [5.74, 6) is -0.806. The normalized spacial score (nSPS) is 10.9. The molecule has 9 heteroatoms. The molecular weight excluding hydrogens is 368 g/mol. The number of carbonyl (C=O) groups is 1. The number of carbonyl (C=O) groups excluding carboxylic acids is 1. The third-order valence-corrected chi connectivity index (χ3v) is 4.21. The number of aryl methyl sites for hydroxylation is 1. The molecule has 0 aliphatic heterocycles. The molecule has 0 atom stereocenters. The number of amides is 1. The molecule has 0 unspecified atom stereocenters. The third-order valence-electron chi connectivity index (χ3n) is 3.58. The first-order valence-electron chi connectivity index (χ1n) is 7.47. The van der Waals surface area contributed by atoms with Crippen LogP contribution in [0.1, 0.15) is 23.0 Å². The summed E-state index contributed by atoms with van der Waals surface area (Å²) in [6.07, 6.45) is 4.47. The van der Waals surface area contributed by atoms with Crippen LogP contribution in [0.3, 0.4) is 0 Å². The molecule has 2 heterocycles. The van der Waals surface area contributed by atoms with E-state index >= 15 is 0 Å². The van der Waals surface area contributed by atoms with Crippen molar-refractivity contribution in [2.24, 2.45) is 0 Å². The first-order chi connectivity index (χ1) is 12.0. The van der Waals surface area contributed by atoms with Gasteiger partial charge in [-0.3, -0.25) is 14.2 Å². The molecule has 25 heavy (non-hydrogen) atoms. The number of aromatic nitrogens is 4. The summed E-state index contributed by atoms with van der Waals surface area (Å²) < 4.78 is 16.8. The van der Waals surface area contributed by atoms with Crippen LogP contribution in [0.4, 0.5) is 10.1 Å². The standard InChI is InChI=1S/C16H14Cl2FN5O/c1-2-24-15(13(18)7-21-24)16(25)22-10-6-20-23(8-10)9-11-12(17)4-3-5-14(11)19/h3-8H,2,9H2,1H3,(H,22,25). The van der Waals surface area contributed by atoms with Crippen molar-refractivity contribution in [1.82, 2.24) is 19.6 Å². The highest BCUT2D eigenvalue weighted by Crippen LogP contribution is 2.21. The van der Waals surface area contributed by atoms with Crippen LogP contribution in [0, 0.1) is 5.82 Å². The minimum atomic E-state index is -0.410. The van der Waals surface area contributed by atoms with Crippen molar-refractivity contribution in [2.45, 2.75) is 20.0 Å². The minimum Gasteiger partial charge on any atom is -0.318 e. The fourth-order valence-electron chi connectivity index (χ4n) is 2.38. The van der Waals surface area contributed by atoms with Gasteiger partial charge in [-0.2, -0.15) is 10.2 Å². The molecule has 0 saturated heterocycles. The number of hydrogen-bond donors (Lipinski definition) is 1. The highest BCUT2D eigenvalue weighted by molar-refractivity contribution is 6.34. The predicted molar refractivity (Wildman–Crippen MR) is 93.6 cm³/mol. The molecule has 0 aliphatic carbocycles. The van der Waals surface area contributed by atoms with Gasteiger partial charge >= 0.3 is 0 Å². The van der Waals surface area contributed by atoms with Crippen LogP contribution in [0.5, 0.6) is 0 Å². The van der Waals surface area contributed by atoms with Crippen LogP contribution in [-0.2, 0) is 13.1 Å². The Morgan fingerprint density at radius 2 is 2.04 bits per heavy atom. The number of anilines is 1. The first-order valence-corrected chi connectivity index (χ1v) is 8.23. The summed E-state index contributed by atoms with van der Waals surface area (Å²) >= 11 is 12.0. The van der Waals surface area contributed by atoms with E-state index in [9.17, 15) is 9.18 Å². The van der Waals surface area contributed by atoms with Gasteiger partial charge in [-0.05, 0) is 19.1 Å². The van der Waals surface area contributed by atoms with Gasteiger partial charge in [0.1, 0.15) is 11.5 Å². The topological polar surface area (TPSA) is 64.7 Å². The number of hydrogen-bond acceptors (Lipinski definition) is 3. The maximum atomic E-state index is 13.8. The Hall–Kier alpha value is -2.38. The van der Waals surface area contributed by atoms with E-state index < -0.39 is 11.7 Å². The zero-order valence-electron chi connectivity index (χ0n) is 13.2. The van der Waals surface area contributed by atoms with Crippen molar-refractivity contribution in [3.63, 3.8) is 0 Å². The number of rotatable bonds is 5. The Labute approximate surface area is 153 Å². The van der Waals surface area contributed by atoms with E-state index in [1.54, 1.807) is 12.3 Å². The summed E-state index contributed by atoms with van der Waals surface area (Å²) in [4.78, 5) is 12.4. The highest BCUT2D eigenvalue weighted by Gasteiger charge is 2.17. The van der Waals surface area contributed by atoms with Gasteiger partial charge in [0.05, 0.1) is 29.6 Å². The maximum Gasteiger partial charge on any atom is 0.275 e. The van der Waals surface area contributed by atoms with E-state index in [1.165, 1.54) is 33.9 Å². The summed E-state index contributed by atoms with van der Waals surface area (Å²) in [5, 5.41) is 11.4. The number of nitrogens with zero attached hydrogens (tertiary/aromatic N) is 4. The third kappa shape index (κ3) is 3.67. The number of halogens is 3. The monoisotopic (exact) mass is 381 g/mol. The van der Waals surface area contributed by atoms with Crippen LogP contribution in [0.2, 0.25) is 10.0 Å². The lowest BCUT2D eigenvalue weighted by Crippen LogP contribution is -2.17. The summed E-state index contributed by atoms with van der Waals surface area (Å²) in [7, 11) is 0. The average Bonchev–Trinajstić information content (AvgIpc) is 3.17. The van der Waals surface area contributed by atoms with E-state index in [1.807, 2.05) is 6.92 Å². The molecule has 1 aromatic carbocycles. The van der Waals surface area contributed by atoms with Crippen molar-refractivity contribution < 1.29 is 9.18 Å². The zero-order chi connectivity index (χ0) is 18.0. The highest BCUT2D eigenvalue weighted by atomic mass is 35.5. The minimum absolute atomic E-state index is 0.148. The van der Waals surface area contributed by atoms with Crippen LogP contribution in [0.25, 0.3) is 0 Å². The maximum absolute atomic E-state index is 13.8. The van der Waals surface area contributed by atoms with Gasteiger partial charge in [-0.15, -0.1) is 0 Å². The Morgan fingerprint density at radius 3 is 2.76 bits per heavy atom. The molecule has 3 rings (SSSR count). The molecule has 3 aromatic rings. The van der Waals surface area contributed by atoms with Gasteiger partial charge in [0.2, 0.25) is 0 Å². The number of benzene rings is 1. The Kier molecular flexibility index (Phi) is 5.06. The van der Waals surface area contributed by atoms with Crippen molar-refractivity contribution in [3.8, 4) is 0 Å². The predicted octanol–water partition coefficient (Wildman–Crippen LogP) is 3.85. The smallest absolute Gasteiger partial charge is 0.275 e. The second kappa shape index (κ2) is 7.25. The summed E-state index contributed by atoms with van der Waals surface area (Å²) in [5.41, 5.74) is 1.06. The summed E-state index contributed by atoms with van der Waals surface area (Å²) in [6.45, 7) is 2.52. The van der Waals surface area contributed by atoms with E-state index in [2.05, 4.69) is 15.5 Å². The van der Waals surface area contributed by atoms with Gasteiger partial charge < -0.3 is 5.32 Å². The van der Waals surface area contributed by atoms with Crippen LogP contribution >= 0.6 is 23.2 Å². The average molecular weight is 382 g/mol. The molecule has 2 aromatic heterocycles. The van der Waals surface area contributed by atoms with E-state index in [4.69, 9.17) is 23.2 Å². The van der Waals surface area contributed by atoms with Crippen LogP contribution in [0.15, 0.2) is 36.8 Å². The van der Waals surface area contributed by atoms with Crippen molar-refractivity contribution in [2.75, 3.05) is 5.32 Å². The lowest BCUT2D eigenvalue weighted by Gasteiger charge is -2.06. The fraction of sp³-hybridized carbons (Fsp3) is 0.188. The van der Waals surface area contributed by atoms with E-state index in [0.717, 1.165) is 0 Å². The van der Waals surface area contributed by atoms with E-state index in [-0.39, 0.29) is 17.3 Å². The van der Waals surface area contributed by atoms with Gasteiger partial charge in [0.25, 0.3) is 5.91 Å². The second-order valence-electron chi connectivity index (χ2n) is 5.24. The quantitative estimate of drug-likeness (QED) is 0.729. The molecule has 0 fully saturated rings. The van der Waals surface area contributed by atoms with Gasteiger partial charge in [-0.25, -0.2) is 4.39 Å². The van der Waals surface area contributed by atoms with Crippen LogP contribution in [-0.4, -0.2) is 25.5 Å². The Balaban J connectivity index is 1.76. The fourth-order valence-corrected chi connectivity index (χ4v) is 2.83. The molecule has 6 nitrogen and oxygen atoms in total. The Bertz CT molecular complexity index is 901. The van der Waals surface area contributed by atoms with Crippen molar-refractivity contribution >= 4 is 34.8 Å². The lowest BCUT2D eigenvalue weighted by atomic mass is 10.2. The molecule has 1 amide bonds. The van der Waals surface area contributed by atoms with Crippen LogP contribution < -0.4 is 5.32 Å². The zero-order valence-corrected chi connectivity index (χ0v) is 14.7. The molecular formula is C16H14Cl2FN5O. The molecule has 130 valence electrons. The first kappa shape index (κ1) is 17.4. The van der Waals surface area contributed by atoms with Crippen molar-refractivity contribution in [1.29, 1.82) is 0 Å². The lowest BCUT2D eigenvalue weighted by molar-refractivity contribution is 0.101. The molecule has 0 spiro atoms. The SMILES string of the molecule is CCn1ncc(Cl)c1C(=O)Nc1cnn(Cc2c(F)cccc2Cl)c1. The Morgan fingerprint density at radius 1 is 1.24 bits per heavy atom. The molecule has 0 saturated carbocycles. The molecule has 0 bridgehead atoms. The molecule has 0 aliphatic rings. The van der Waals surface area contributed by atoms with Crippen molar-refractivity contribution in [3.05, 3.63) is 63.9 Å². The molecule has 0 radical (unpaired) electrons. The molecule has 1 N–H and O–H groups in total. The van der Waals surface area contributed by atoms with E-state index in [0.29, 0.717) is 22.8 Å². The van der Waals surface area contributed by atoms with Gasteiger partial charge in [-0.1, -0.05) is 29.3 Å². The van der Waals surface area contributed by atoms with Gasteiger partial charge in [0.15, 0.2) is 0 Å². The summed E-state index contributed by atoms with van der Waals surface area (Å²) in [6, 6.07) is 4.48. The second-order valence-corrected chi connectivity index (χ2v) is 6.05. The van der Waals surface area contributed by atoms with Gasteiger partial charge in [0, 0.05) is 23.3 Å².